The quantitative estimate of drug-likeness (QED) is 0.495. The first-order valence-corrected chi connectivity index (χ1v) is 3.50. The number of anilines is 1. The van der Waals surface area contributed by atoms with Gasteiger partial charge in [0.2, 0.25) is 10.3 Å². The number of nitrogens with zero attached hydrogens (tertiary/aromatic N) is 1. The van der Waals surface area contributed by atoms with Gasteiger partial charge in [-0.05, 0) is 6.07 Å². The van der Waals surface area contributed by atoms with Crippen molar-refractivity contribution in [2.24, 2.45) is 0 Å². The summed E-state index contributed by atoms with van der Waals surface area (Å²) in [7, 11) is -2.26. The second-order valence-corrected chi connectivity index (χ2v) is 2.46. The molecule has 10 heavy (non-hydrogen) atoms. The Bertz CT molecular complexity index is 383. The fourth-order valence-electron chi connectivity index (χ4n) is 0.483. The summed E-state index contributed by atoms with van der Waals surface area (Å²) in [6.45, 7) is 0. The largest absolute Gasteiger partial charge is 0.369 e. The number of rotatable bonds is 0. The summed E-state index contributed by atoms with van der Waals surface area (Å²) >= 11 is 0. The molecule has 6 heteroatoms. The van der Waals surface area contributed by atoms with Gasteiger partial charge < -0.3 is 10.7 Å². The molecule has 1 aromatic rings. The molecule has 0 bridgehead atoms. The highest BCUT2D eigenvalue weighted by Gasteiger charge is 1.83. The van der Waals surface area contributed by atoms with Gasteiger partial charge >= 0.3 is 0 Å². The molecule has 0 spiro atoms. The molecule has 54 valence electrons. The molecule has 0 aliphatic carbocycles. The number of aromatic amines is 1. The summed E-state index contributed by atoms with van der Waals surface area (Å²) < 4.78 is 20.5. The van der Waals surface area contributed by atoms with Gasteiger partial charge in [0.1, 0.15) is 0 Å². The molecule has 0 aliphatic heterocycles. The van der Waals surface area contributed by atoms with E-state index in [1.54, 1.807) is 0 Å². The molecule has 3 N–H and O–H groups in total. The molecule has 0 unspecified atom stereocenters. The van der Waals surface area contributed by atoms with Crippen LogP contribution in [0, 0.1) is 4.64 Å². The van der Waals surface area contributed by atoms with E-state index in [0.29, 0.717) is 0 Å². The number of nitrogens with two attached hydrogens (primary N) is 1. The third kappa shape index (κ3) is 1.35. The Labute approximate surface area is 58.1 Å². The van der Waals surface area contributed by atoms with E-state index in [1.165, 1.54) is 12.3 Å². The van der Waals surface area contributed by atoms with Crippen LogP contribution in [0.1, 0.15) is 0 Å². The minimum atomic E-state index is -2.26. The predicted molar refractivity (Wildman–Crippen MR) is 35.2 cm³/mol. The van der Waals surface area contributed by atoms with E-state index in [4.69, 9.17) is 5.73 Å². The third-order valence-electron chi connectivity index (χ3n) is 0.870. The van der Waals surface area contributed by atoms with Crippen molar-refractivity contribution in [3.8, 4) is 0 Å². The van der Waals surface area contributed by atoms with Crippen molar-refractivity contribution in [3.63, 3.8) is 0 Å². The Hall–Kier alpha value is -1.30. The molecule has 0 radical (unpaired) electrons. The Kier molecular flexibility index (Phi) is 1.72. The smallest absolute Gasteiger partial charge is 0.238 e. The second kappa shape index (κ2) is 2.53. The molecule has 0 saturated carbocycles. The van der Waals surface area contributed by atoms with E-state index in [2.05, 4.69) is 9.97 Å². The lowest BCUT2D eigenvalue weighted by Crippen LogP contribution is -1.93. The minimum Gasteiger partial charge on any atom is -0.369 e. The second-order valence-electron chi connectivity index (χ2n) is 1.55. The molecule has 0 saturated heterocycles. The lowest BCUT2D eigenvalue weighted by atomic mass is 10.7. The summed E-state index contributed by atoms with van der Waals surface area (Å²) in [5.74, 6) is 0.0849. The van der Waals surface area contributed by atoms with Gasteiger partial charge in [0, 0.05) is 6.20 Å². The monoisotopic (exact) mass is 159 g/mol. The molecule has 0 amide bonds. The molecular formula is C4H5N3O2S. The molecule has 0 aliphatic rings. The standard InChI is InChI=1S/C4H5N3O2S/c5-4-6-2-1-3(7-4)10(8)9/h1-2H,(H3,5,6,7). The number of nitrogens with one attached hydrogen (secondary N) is 1. The number of hydrogen-bond donors (Lipinski definition) is 2. The maximum absolute atomic E-state index is 10.2. The van der Waals surface area contributed by atoms with E-state index in [0.717, 1.165) is 0 Å². The highest BCUT2D eigenvalue weighted by atomic mass is 32.2. The fourth-order valence-corrected chi connectivity index (χ4v) is 0.843. The lowest BCUT2D eigenvalue weighted by Gasteiger charge is -1.86. The lowest BCUT2D eigenvalue weighted by molar-refractivity contribution is 0.624. The van der Waals surface area contributed by atoms with Crippen LogP contribution in [0.25, 0.3) is 0 Å². The molecular weight excluding hydrogens is 154 g/mol. The van der Waals surface area contributed by atoms with Crippen molar-refractivity contribution in [2.45, 2.75) is 0 Å². The van der Waals surface area contributed by atoms with E-state index in [1.807, 2.05) is 0 Å². The first-order chi connectivity index (χ1) is 4.70. The number of aromatic nitrogens is 2. The van der Waals surface area contributed by atoms with Gasteiger partial charge in [-0.2, -0.15) is 8.42 Å². The first-order valence-electron chi connectivity index (χ1n) is 2.43. The molecule has 0 aromatic carbocycles. The van der Waals surface area contributed by atoms with Crippen molar-refractivity contribution in [1.82, 2.24) is 9.97 Å². The fraction of sp³-hybridized carbons (Fsp3) is 0. The van der Waals surface area contributed by atoms with E-state index in [9.17, 15) is 8.42 Å². The molecule has 0 atom stereocenters. The van der Waals surface area contributed by atoms with Crippen LogP contribution in [0.2, 0.25) is 0 Å². The maximum Gasteiger partial charge on any atom is 0.238 e. The first kappa shape index (κ1) is 6.81. The Morgan fingerprint density at radius 1 is 1.60 bits per heavy atom. The van der Waals surface area contributed by atoms with Crippen LogP contribution < -0.4 is 5.73 Å². The van der Waals surface area contributed by atoms with Gasteiger partial charge in [-0.25, -0.2) is 4.98 Å². The van der Waals surface area contributed by atoms with Crippen LogP contribution in [0.5, 0.6) is 0 Å². The van der Waals surface area contributed by atoms with E-state index in [-0.39, 0.29) is 10.6 Å². The Morgan fingerprint density at radius 2 is 2.30 bits per heavy atom. The van der Waals surface area contributed by atoms with E-state index >= 15 is 0 Å². The average molecular weight is 159 g/mol. The highest BCUT2D eigenvalue weighted by molar-refractivity contribution is 7.63. The Morgan fingerprint density at radius 3 is 2.70 bits per heavy atom. The summed E-state index contributed by atoms with van der Waals surface area (Å²) in [6, 6.07) is 1.32. The van der Waals surface area contributed by atoms with Gasteiger partial charge in [-0.3, -0.25) is 0 Å². The summed E-state index contributed by atoms with van der Waals surface area (Å²) in [5.41, 5.74) is 5.16. The van der Waals surface area contributed by atoms with Gasteiger partial charge in [0.25, 0.3) is 0 Å². The van der Waals surface area contributed by atoms with Gasteiger partial charge in [-0.15, -0.1) is 0 Å². The Balaban J connectivity index is 3.65. The minimum absolute atomic E-state index is 0.0347. The molecule has 5 nitrogen and oxygen atoms in total. The van der Waals surface area contributed by atoms with Crippen molar-refractivity contribution in [3.05, 3.63) is 16.9 Å². The maximum atomic E-state index is 10.2. The van der Waals surface area contributed by atoms with Crippen molar-refractivity contribution in [1.29, 1.82) is 0 Å². The zero-order valence-electron chi connectivity index (χ0n) is 4.90. The van der Waals surface area contributed by atoms with Crippen LogP contribution in [-0.4, -0.2) is 18.4 Å². The van der Waals surface area contributed by atoms with Gasteiger partial charge in [-0.1, -0.05) is 0 Å². The van der Waals surface area contributed by atoms with Gasteiger partial charge in [0.15, 0.2) is 10.6 Å². The zero-order chi connectivity index (χ0) is 7.56. The molecule has 0 fully saturated rings. The molecule has 1 rings (SSSR count). The summed E-state index contributed by atoms with van der Waals surface area (Å²) in [6.07, 6.45) is 1.32. The van der Waals surface area contributed by atoms with Crippen LogP contribution in [0.4, 0.5) is 5.95 Å². The zero-order valence-corrected chi connectivity index (χ0v) is 5.72. The van der Waals surface area contributed by atoms with Gasteiger partial charge in [0.05, 0.1) is 0 Å². The van der Waals surface area contributed by atoms with Crippen molar-refractivity contribution < 1.29 is 8.42 Å². The van der Waals surface area contributed by atoms with Crippen LogP contribution >= 0.6 is 0 Å². The van der Waals surface area contributed by atoms with Crippen LogP contribution in [0.15, 0.2) is 12.3 Å². The summed E-state index contributed by atoms with van der Waals surface area (Å²) in [5, 5.41) is 0. The van der Waals surface area contributed by atoms with E-state index < -0.39 is 10.3 Å². The van der Waals surface area contributed by atoms with Crippen molar-refractivity contribution >= 4 is 16.2 Å². The molecule has 1 aromatic heterocycles. The summed E-state index contributed by atoms with van der Waals surface area (Å²) in [4.78, 5) is 5.93. The SMILES string of the molecule is Nc1nccc(=S(=O)=O)[nH]1. The third-order valence-corrected chi connectivity index (χ3v) is 1.47. The van der Waals surface area contributed by atoms with Crippen LogP contribution in [0.3, 0.4) is 0 Å². The number of H-pyrrole nitrogens is 1. The highest BCUT2D eigenvalue weighted by Crippen LogP contribution is 1.85. The predicted octanol–water partition coefficient (Wildman–Crippen LogP) is -0.597. The molecule has 1 heterocycles. The average Bonchev–Trinajstić information content (AvgIpc) is 1.88. The van der Waals surface area contributed by atoms with Crippen LogP contribution in [-0.2, 0) is 10.3 Å². The number of hydrogen-bond acceptors (Lipinski definition) is 4. The normalized spacial score (nSPS) is 9.20. The van der Waals surface area contributed by atoms with Crippen molar-refractivity contribution in [2.75, 3.05) is 5.73 Å². The number of nitrogen functional groups attached to an aromatic ring is 1. The topological polar surface area (TPSA) is 88.8 Å².